The van der Waals surface area contributed by atoms with Gasteiger partial charge in [-0.3, -0.25) is 4.79 Å². The minimum atomic E-state index is -0.588. The molecule has 1 rings (SSSR count). The Morgan fingerprint density at radius 1 is 1.73 bits per heavy atom. The lowest BCUT2D eigenvalue weighted by Crippen LogP contribution is -2.12. The van der Waals surface area contributed by atoms with Gasteiger partial charge in [0.25, 0.3) is 5.91 Å². The van der Waals surface area contributed by atoms with E-state index in [2.05, 4.69) is 20.9 Å². The minimum Gasteiger partial charge on any atom is -0.365 e. The molecule has 0 spiro atoms. The molecule has 1 amide bonds. The van der Waals surface area contributed by atoms with Crippen LogP contribution in [0.15, 0.2) is 16.7 Å². The molecule has 0 unspecified atom stereocenters. The highest BCUT2D eigenvalue weighted by molar-refractivity contribution is 9.10. The van der Waals surface area contributed by atoms with Crippen LogP contribution < -0.4 is 5.73 Å². The van der Waals surface area contributed by atoms with Crippen molar-refractivity contribution in [2.45, 2.75) is 0 Å². The summed E-state index contributed by atoms with van der Waals surface area (Å²) in [4.78, 5) is 14.4. The topological polar surface area (TPSA) is 56.0 Å². The summed E-state index contributed by atoms with van der Waals surface area (Å²) >= 11 is 8.70. The maximum absolute atomic E-state index is 10.7. The predicted octanol–water partition coefficient (Wildman–Crippen LogP) is 1.60. The number of nitrogens with two attached hydrogens (primary N) is 1. The Labute approximate surface area is 76.7 Å². The number of carbonyl (C=O) groups is 1. The van der Waals surface area contributed by atoms with Crippen molar-refractivity contribution in [3.8, 4) is 0 Å². The zero-order valence-electron chi connectivity index (χ0n) is 5.34. The number of nitrogens with zero attached hydrogens (tertiary/aromatic N) is 1. The van der Waals surface area contributed by atoms with Gasteiger partial charge in [-0.1, -0.05) is 11.6 Å². The summed E-state index contributed by atoms with van der Waals surface area (Å²) in [5.41, 5.74) is 5.24. The third kappa shape index (κ3) is 1.70. The van der Waals surface area contributed by atoms with Crippen LogP contribution in [-0.4, -0.2) is 10.9 Å². The second-order valence-electron chi connectivity index (χ2n) is 1.82. The molecule has 1 heterocycles. The van der Waals surface area contributed by atoms with E-state index in [0.717, 1.165) is 0 Å². The molecule has 0 aliphatic carbocycles. The molecule has 0 bridgehead atoms. The quantitative estimate of drug-likeness (QED) is 0.752. The number of halogens is 2. The molecule has 0 aliphatic rings. The first-order valence-corrected chi connectivity index (χ1v) is 3.90. The number of primary amides is 1. The van der Waals surface area contributed by atoms with Crippen molar-refractivity contribution in [1.82, 2.24) is 4.98 Å². The van der Waals surface area contributed by atoms with E-state index in [1.807, 2.05) is 0 Å². The number of hydrogen-bond donors (Lipinski definition) is 1. The second-order valence-corrected chi connectivity index (χ2v) is 3.04. The molecule has 3 nitrogen and oxygen atoms in total. The third-order valence-electron chi connectivity index (χ3n) is 1.10. The molecule has 0 saturated heterocycles. The van der Waals surface area contributed by atoms with Gasteiger partial charge in [-0.2, -0.15) is 0 Å². The molecule has 58 valence electrons. The maximum Gasteiger partial charge on any atom is 0.252 e. The van der Waals surface area contributed by atoms with E-state index in [1.165, 1.54) is 6.20 Å². The number of carbonyl (C=O) groups excluding carboxylic acids is 1. The largest absolute Gasteiger partial charge is 0.365 e. The molecule has 1 aromatic heterocycles. The summed E-state index contributed by atoms with van der Waals surface area (Å²) in [6, 6.07) is 1.60. The van der Waals surface area contributed by atoms with Crippen LogP contribution in [0, 0.1) is 0 Å². The lowest BCUT2D eigenvalue weighted by atomic mass is 10.3. The van der Waals surface area contributed by atoms with Crippen LogP contribution in [0.25, 0.3) is 0 Å². The fraction of sp³-hybridized carbons (Fsp3) is 0. The average Bonchev–Trinajstić information content (AvgIpc) is 1.85. The van der Waals surface area contributed by atoms with Crippen molar-refractivity contribution < 1.29 is 4.79 Å². The summed E-state index contributed by atoms with van der Waals surface area (Å²) in [5, 5.41) is 0.117. The predicted molar refractivity (Wildman–Crippen MR) is 45.5 cm³/mol. The van der Waals surface area contributed by atoms with Crippen LogP contribution in [0.1, 0.15) is 10.4 Å². The van der Waals surface area contributed by atoms with Gasteiger partial charge in [-0.25, -0.2) is 4.98 Å². The Kier molecular flexibility index (Phi) is 2.46. The van der Waals surface area contributed by atoms with Gasteiger partial charge in [0.15, 0.2) is 0 Å². The van der Waals surface area contributed by atoms with Crippen molar-refractivity contribution in [3.63, 3.8) is 0 Å². The number of pyridine rings is 1. The molecule has 1 aromatic rings. The Balaban J connectivity index is 3.32. The zero-order valence-corrected chi connectivity index (χ0v) is 7.69. The molecular formula is C6H4BrClN2O. The van der Waals surface area contributed by atoms with E-state index in [-0.39, 0.29) is 10.7 Å². The fourth-order valence-electron chi connectivity index (χ4n) is 0.634. The molecular weight excluding hydrogens is 231 g/mol. The van der Waals surface area contributed by atoms with Gasteiger partial charge in [0.1, 0.15) is 5.15 Å². The van der Waals surface area contributed by atoms with Crippen LogP contribution in [0.3, 0.4) is 0 Å². The smallest absolute Gasteiger partial charge is 0.252 e. The molecule has 0 aromatic carbocycles. The zero-order chi connectivity index (χ0) is 8.43. The highest BCUT2D eigenvalue weighted by Gasteiger charge is 2.10. The van der Waals surface area contributed by atoms with Gasteiger partial charge in [0.2, 0.25) is 0 Å². The number of rotatable bonds is 1. The van der Waals surface area contributed by atoms with E-state index < -0.39 is 5.91 Å². The first kappa shape index (κ1) is 8.49. The first-order valence-electron chi connectivity index (χ1n) is 2.72. The van der Waals surface area contributed by atoms with E-state index in [1.54, 1.807) is 6.07 Å². The first-order chi connectivity index (χ1) is 5.13. The summed E-state index contributed by atoms with van der Waals surface area (Å²) in [5.74, 6) is -0.588. The number of aromatic nitrogens is 1. The molecule has 2 N–H and O–H groups in total. The SMILES string of the molecule is NC(=O)c1c(Br)ccnc1Cl. The van der Waals surface area contributed by atoms with Gasteiger partial charge < -0.3 is 5.73 Å². The maximum atomic E-state index is 10.7. The van der Waals surface area contributed by atoms with Crippen molar-refractivity contribution in [3.05, 3.63) is 27.5 Å². The van der Waals surface area contributed by atoms with E-state index >= 15 is 0 Å². The second kappa shape index (κ2) is 3.19. The van der Waals surface area contributed by atoms with Gasteiger partial charge >= 0.3 is 0 Å². The Morgan fingerprint density at radius 3 is 2.73 bits per heavy atom. The molecule has 0 atom stereocenters. The monoisotopic (exact) mass is 234 g/mol. The van der Waals surface area contributed by atoms with Crippen molar-refractivity contribution >= 4 is 33.4 Å². The minimum absolute atomic E-state index is 0.117. The lowest BCUT2D eigenvalue weighted by molar-refractivity contribution is 0.0999. The number of amides is 1. The van der Waals surface area contributed by atoms with Crippen molar-refractivity contribution in [1.29, 1.82) is 0 Å². The molecule has 0 aliphatic heterocycles. The number of hydrogen-bond acceptors (Lipinski definition) is 2. The standard InChI is InChI=1S/C6H4BrClN2O/c7-3-1-2-10-5(8)4(3)6(9)11/h1-2H,(H2,9,11). The fourth-order valence-corrected chi connectivity index (χ4v) is 1.50. The normalized spacial score (nSPS) is 9.64. The van der Waals surface area contributed by atoms with Crippen LogP contribution >= 0.6 is 27.5 Å². The molecule has 11 heavy (non-hydrogen) atoms. The van der Waals surface area contributed by atoms with Crippen molar-refractivity contribution in [2.75, 3.05) is 0 Å². The third-order valence-corrected chi connectivity index (χ3v) is 2.05. The summed E-state index contributed by atoms with van der Waals surface area (Å²) in [6.45, 7) is 0. The average molecular weight is 235 g/mol. The van der Waals surface area contributed by atoms with E-state index in [0.29, 0.717) is 4.47 Å². The summed E-state index contributed by atoms with van der Waals surface area (Å²) < 4.78 is 0.560. The summed E-state index contributed by atoms with van der Waals surface area (Å²) in [6.07, 6.45) is 1.48. The van der Waals surface area contributed by atoms with Crippen LogP contribution in [0.2, 0.25) is 5.15 Å². The van der Waals surface area contributed by atoms with Gasteiger partial charge in [-0.05, 0) is 22.0 Å². The van der Waals surface area contributed by atoms with E-state index in [9.17, 15) is 4.79 Å². The lowest BCUT2D eigenvalue weighted by Gasteiger charge is -1.99. The summed E-state index contributed by atoms with van der Waals surface area (Å²) in [7, 11) is 0. The molecule has 0 saturated carbocycles. The molecule has 0 fully saturated rings. The van der Waals surface area contributed by atoms with Gasteiger partial charge in [-0.15, -0.1) is 0 Å². The molecule has 0 radical (unpaired) electrons. The van der Waals surface area contributed by atoms with Gasteiger partial charge in [0, 0.05) is 10.7 Å². The highest BCUT2D eigenvalue weighted by atomic mass is 79.9. The van der Waals surface area contributed by atoms with Crippen molar-refractivity contribution in [2.24, 2.45) is 5.73 Å². The van der Waals surface area contributed by atoms with E-state index in [4.69, 9.17) is 17.3 Å². The van der Waals surface area contributed by atoms with Crippen LogP contribution in [0.5, 0.6) is 0 Å². The Morgan fingerprint density at radius 2 is 2.36 bits per heavy atom. The Bertz CT molecular complexity index is 282. The van der Waals surface area contributed by atoms with Gasteiger partial charge in [0.05, 0.1) is 5.56 Å². The van der Waals surface area contributed by atoms with Crippen LogP contribution in [-0.2, 0) is 0 Å². The Hall–Kier alpha value is -0.610. The molecule has 5 heteroatoms. The van der Waals surface area contributed by atoms with Crippen LogP contribution in [0.4, 0.5) is 0 Å². The highest BCUT2D eigenvalue weighted by Crippen LogP contribution is 2.21.